The van der Waals surface area contributed by atoms with E-state index < -0.39 is 0 Å². The predicted molar refractivity (Wildman–Crippen MR) is 79.4 cm³/mol. The molecule has 0 saturated carbocycles. The fourth-order valence-corrected chi connectivity index (χ4v) is 2.23. The van der Waals surface area contributed by atoms with E-state index in [9.17, 15) is 0 Å². The first-order chi connectivity index (χ1) is 10.3. The molecule has 1 aromatic carbocycles. The van der Waals surface area contributed by atoms with Gasteiger partial charge in [0.2, 0.25) is 11.7 Å². The summed E-state index contributed by atoms with van der Waals surface area (Å²) in [5.74, 6) is 1.09. The van der Waals surface area contributed by atoms with Crippen LogP contribution in [0, 0.1) is 6.92 Å². The fourth-order valence-electron chi connectivity index (χ4n) is 2.23. The van der Waals surface area contributed by atoms with Crippen molar-refractivity contribution in [3.8, 4) is 11.5 Å². The second kappa shape index (κ2) is 5.85. The summed E-state index contributed by atoms with van der Waals surface area (Å²) in [6.45, 7) is 2.47. The Balaban J connectivity index is 1.87. The Labute approximate surface area is 122 Å². The third-order valence-electron chi connectivity index (χ3n) is 3.37. The lowest BCUT2D eigenvalue weighted by atomic mass is 10.0. The van der Waals surface area contributed by atoms with Crippen molar-refractivity contribution < 1.29 is 4.52 Å². The summed E-state index contributed by atoms with van der Waals surface area (Å²) in [6.07, 6.45) is 2.30. The highest BCUT2D eigenvalue weighted by Crippen LogP contribution is 2.19. The minimum Gasteiger partial charge on any atom is -0.339 e. The molecule has 5 nitrogen and oxygen atoms in total. The molecule has 0 amide bonds. The highest BCUT2D eigenvalue weighted by Gasteiger charge is 2.13. The molecule has 0 saturated heterocycles. The maximum atomic E-state index is 5.74. The van der Waals surface area contributed by atoms with Crippen molar-refractivity contribution in [2.75, 3.05) is 0 Å². The zero-order valence-electron chi connectivity index (χ0n) is 11.8. The molecule has 0 fully saturated rings. The third-order valence-corrected chi connectivity index (χ3v) is 3.37. The number of aryl methyl sites for hydroxylation is 1. The van der Waals surface area contributed by atoms with Crippen LogP contribution in [-0.4, -0.2) is 15.1 Å². The van der Waals surface area contributed by atoms with Crippen molar-refractivity contribution in [3.63, 3.8) is 0 Å². The van der Waals surface area contributed by atoms with E-state index in [0.717, 1.165) is 22.4 Å². The van der Waals surface area contributed by atoms with Crippen LogP contribution in [0.1, 0.15) is 22.6 Å². The first kappa shape index (κ1) is 13.5. The van der Waals surface area contributed by atoms with Gasteiger partial charge in [-0.3, -0.25) is 4.98 Å². The second-order valence-corrected chi connectivity index (χ2v) is 4.83. The molecular weight excluding hydrogens is 264 g/mol. The molecule has 0 radical (unpaired) electrons. The van der Waals surface area contributed by atoms with Crippen LogP contribution in [-0.2, 0) is 13.0 Å². The maximum Gasteiger partial charge on any atom is 0.231 e. The van der Waals surface area contributed by atoms with E-state index in [1.54, 1.807) is 6.20 Å². The topological polar surface area (TPSA) is 77.8 Å². The molecule has 3 rings (SSSR count). The van der Waals surface area contributed by atoms with E-state index in [1.165, 1.54) is 0 Å². The normalized spacial score (nSPS) is 10.8. The first-order valence-electron chi connectivity index (χ1n) is 6.79. The Morgan fingerprint density at radius 3 is 2.67 bits per heavy atom. The standard InChI is InChI=1S/C16H16N4O/c1-11-5-4-8-18-15(11)16-19-14(21-20-16)9-12-6-2-3-7-13(12)10-17/h2-8H,9-10,17H2,1H3. The number of benzene rings is 1. The van der Waals surface area contributed by atoms with Crippen LogP contribution in [0.2, 0.25) is 0 Å². The molecule has 0 aliphatic heterocycles. The number of hydrogen-bond donors (Lipinski definition) is 1. The largest absolute Gasteiger partial charge is 0.339 e. The van der Waals surface area contributed by atoms with Gasteiger partial charge in [-0.15, -0.1) is 0 Å². The number of nitrogens with two attached hydrogens (primary N) is 1. The third kappa shape index (κ3) is 2.83. The number of aromatic nitrogens is 3. The molecule has 0 atom stereocenters. The van der Waals surface area contributed by atoms with Crippen molar-refractivity contribution >= 4 is 0 Å². The molecule has 0 unspecified atom stereocenters. The van der Waals surface area contributed by atoms with Gasteiger partial charge in [-0.1, -0.05) is 35.5 Å². The number of hydrogen-bond acceptors (Lipinski definition) is 5. The van der Waals surface area contributed by atoms with Crippen molar-refractivity contribution in [1.29, 1.82) is 0 Å². The van der Waals surface area contributed by atoms with E-state index >= 15 is 0 Å². The molecule has 2 aromatic heterocycles. The van der Waals surface area contributed by atoms with Gasteiger partial charge in [-0.05, 0) is 29.7 Å². The van der Waals surface area contributed by atoms with E-state index in [4.69, 9.17) is 10.3 Å². The Morgan fingerprint density at radius 1 is 1.10 bits per heavy atom. The summed E-state index contributed by atoms with van der Waals surface area (Å²) >= 11 is 0. The van der Waals surface area contributed by atoms with Gasteiger partial charge >= 0.3 is 0 Å². The SMILES string of the molecule is Cc1cccnc1-c1noc(Cc2ccccc2CN)n1. The zero-order valence-corrected chi connectivity index (χ0v) is 11.8. The molecule has 2 N–H and O–H groups in total. The van der Waals surface area contributed by atoms with Gasteiger partial charge in [-0.25, -0.2) is 0 Å². The minimum absolute atomic E-state index is 0.497. The Bertz CT molecular complexity index is 751. The van der Waals surface area contributed by atoms with E-state index in [-0.39, 0.29) is 0 Å². The van der Waals surface area contributed by atoms with E-state index in [2.05, 4.69) is 15.1 Å². The molecule has 0 aliphatic carbocycles. The van der Waals surface area contributed by atoms with Crippen LogP contribution in [0.4, 0.5) is 0 Å². The summed E-state index contributed by atoms with van der Waals surface area (Å²) < 4.78 is 5.34. The van der Waals surface area contributed by atoms with Crippen LogP contribution >= 0.6 is 0 Å². The Hall–Kier alpha value is -2.53. The smallest absolute Gasteiger partial charge is 0.231 e. The Morgan fingerprint density at radius 2 is 1.90 bits per heavy atom. The van der Waals surface area contributed by atoms with Crippen LogP contribution in [0.5, 0.6) is 0 Å². The van der Waals surface area contributed by atoms with Gasteiger partial charge in [-0.2, -0.15) is 4.98 Å². The lowest BCUT2D eigenvalue weighted by Gasteiger charge is -2.03. The van der Waals surface area contributed by atoms with Crippen molar-refractivity contribution in [1.82, 2.24) is 15.1 Å². The maximum absolute atomic E-state index is 5.74. The molecule has 21 heavy (non-hydrogen) atoms. The van der Waals surface area contributed by atoms with Gasteiger partial charge < -0.3 is 10.3 Å². The molecule has 0 aliphatic rings. The molecule has 0 bridgehead atoms. The van der Waals surface area contributed by atoms with E-state index in [1.807, 2.05) is 43.3 Å². The summed E-state index contributed by atoms with van der Waals surface area (Å²) in [7, 11) is 0. The van der Waals surface area contributed by atoms with Crippen molar-refractivity contribution in [3.05, 3.63) is 65.2 Å². The van der Waals surface area contributed by atoms with Gasteiger partial charge in [0.1, 0.15) is 5.69 Å². The number of pyridine rings is 1. The monoisotopic (exact) mass is 280 g/mol. The summed E-state index contributed by atoms with van der Waals surface area (Å²) in [5, 5.41) is 4.02. The lowest BCUT2D eigenvalue weighted by molar-refractivity contribution is 0.385. The van der Waals surface area contributed by atoms with Gasteiger partial charge in [0.25, 0.3) is 0 Å². The molecule has 0 spiro atoms. The van der Waals surface area contributed by atoms with Crippen LogP contribution in [0.3, 0.4) is 0 Å². The van der Waals surface area contributed by atoms with Crippen LogP contribution in [0.15, 0.2) is 47.1 Å². The van der Waals surface area contributed by atoms with Gasteiger partial charge in [0.15, 0.2) is 0 Å². The average molecular weight is 280 g/mol. The van der Waals surface area contributed by atoms with Gasteiger partial charge in [0, 0.05) is 12.7 Å². The van der Waals surface area contributed by atoms with Crippen LogP contribution < -0.4 is 5.73 Å². The van der Waals surface area contributed by atoms with E-state index in [0.29, 0.717) is 24.7 Å². The summed E-state index contributed by atoms with van der Waals surface area (Å²) in [6, 6.07) is 11.9. The Kier molecular flexibility index (Phi) is 3.75. The highest BCUT2D eigenvalue weighted by molar-refractivity contribution is 5.53. The predicted octanol–water partition coefficient (Wildman–Crippen LogP) is 2.49. The molecule has 2 heterocycles. The lowest BCUT2D eigenvalue weighted by Crippen LogP contribution is -2.02. The molecular formula is C16H16N4O. The summed E-state index contributed by atoms with van der Waals surface area (Å²) in [5.41, 5.74) is 9.71. The van der Waals surface area contributed by atoms with Crippen LogP contribution in [0.25, 0.3) is 11.5 Å². The highest BCUT2D eigenvalue weighted by atomic mass is 16.5. The number of rotatable bonds is 4. The van der Waals surface area contributed by atoms with Crippen molar-refractivity contribution in [2.24, 2.45) is 5.73 Å². The second-order valence-electron chi connectivity index (χ2n) is 4.83. The van der Waals surface area contributed by atoms with Gasteiger partial charge in [0.05, 0.1) is 6.42 Å². The zero-order chi connectivity index (χ0) is 14.7. The fraction of sp³-hybridized carbons (Fsp3) is 0.188. The average Bonchev–Trinajstić information content (AvgIpc) is 2.96. The quantitative estimate of drug-likeness (QED) is 0.794. The van der Waals surface area contributed by atoms with Crippen molar-refractivity contribution in [2.45, 2.75) is 19.9 Å². The molecule has 5 heteroatoms. The number of nitrogens with zero attached hydrogens (tertiary/aromatic N) is 3. The molecule has 3 aromatic rings. The first-order valence-corrected chi connectivity index (χ1v) is 6.79. The minimum atomic E-state index is 0.497. The summed E-state index contributed by atoms with van der Waals surface area (Å²) in [4.78, 5) is 8.73. The molecule has 106 valence electrons.